The molecule has 0 spiro atoms. The van der Waals surface area contributed by atoms with Crippen LogP contribution in [0.15, 0.2) is 46.4 Å². The van der Waals surface area contributed by atoms with Crippen LogP contribution in [0.4, 0.5) is 0 Å². The molecule has 147 valence electrons. The van der Waals surface area contributed by atoms with E-state index in [9.17, 15) is 10.2 Å². The molecule has 1 radical (unpaired) electrons. The molecule has 3 N–H and O–H groups in total. The van der Waals surface area contributed by atoms with Gasteiger partial charge in [-0.2, -0.15) is 0 Å². The Balaban J connectivity index is 0.000000717. The van der Waals surface area contributed by atoms with Gasteiger partial charge in [0.05, 0.1) is 13.1 Å². The number of fused-ring (bicyclic) bond motifs is 4. The molecular formula is C21H24MnN2O4+2. The number of para-hydroxylation sites is 2. The molecule has 1 aliphatic heterocycles. The summed E-state index contributed by atoms with van der Waals surface area (Å²) in [5.74, 6) is -0.236. The zero-order chi connectivity index (χ0) is 19.6. The Morgan fingerprint density at radius 2 is 1.25 bits per heavy atom. The third-order valence-electron chi connectivity index (χ3n) is 4.01. The van der Waals surface area contributed by atoms with Crippen molar-refractivity contribution < 1.29 is 37.2 Å². The van der Waals surface area contributed by atoms with Crippen molar-refractivity contribution in [3.05, 3.63) is 58.7 Å². The number of benzene rings is 2. The van der Waals surface area contributed by atoms with E-state index in [1.165, 1.54) is 0 Å². The number of carboxylic acids is 1. The maximum absolute atomic E-state index is 10.3. The topological polar surface area (TPSA) is 102 Å². The quantitative estimate of drug-likeness (QED) is 0.566. The number of hydrogen-bond donors (Lipinski definition) is 3. The van der Waals surface area contributed by atoms with Crippen LogP contribution in [0, 0.1) is 0 Å². The number of nitrogens with zero attached hydrogens (tertiary/aromatic N) is 2. The summed E-state index contributed by atoms with van der Waals surface area (Å²) in [7, 11) is 0. The Labute approximate surface area is 175 Å². The van der Waals surface area contributed by atoms with Gasteiger partial charge in [-0.05, 0) is 42.5 Å². The molecule has 2 aromatic rings. The van der Waals surface area contributed by atoms with E-state index in [0.29, 0.717) is 24.6 Å². The van der Waals surface area contributed by atoms with Crippen LogP contribution in [-0.4, -0.2) is 46.8 Å². The van der Waals surface area contributed by atoms with E-state index in [1.54, 1.807) is 12.4 Å². The molecule has 0 atom stereocenters. The normalized spacial score (nSPS) is 13.2. The van der Waals surface area contributed by atoms with Gasteiger partial charge < -0.3 is 15.3 Å². The molecule has 3 rings (SSSR count). The summed E-state index contributed by atoms with van der Waals surface area (Å²) in [6.45, 7) is 2.17. The average molecular weight is 423 g/mol. The van der Waals surface area contributed by atoms with E-state index in [4.69, 9.17) is 9.90 Å². The molecule has 6 nitrogen and oxygen atoms in total. The van der Waals surface area contributed by atoms with Gasteiger partial charge in [0.15, 0.2) is 0 Å². The first-order valence-electron chi connectivity index (χ1n) is 8.80. The molecule has 0 aliphatic carbocycles. The Morgan fingerprint density at radius 3 is 1.64 bits per heavy atom. The van der Waals surface area contributed by atoms with Crippen LogP contribution in [0.5, 0.6) is 11.5 Å². The number of carbonyl (C=O) groups is 1. The Hall–Kier alpha value is -2.63. The number of aryl methyl sites for hydroxylation is 2. The fourth-order valence-electron chi connectivity index (χ4n) is 2.74. The second-order valence-corrected chi connectivity index (χ2v) is 6.15. The zero-order valence-corrected chi connectivity index (χ0v) is 16.9. The minimum absolute atomic E-state index is 0. The molecule has 0 unspecified atom stereocenters. The Kier molecular flexibility index (Phi) is 9.99. The van der Waals surface area contributed by atoms with Crippen molar-refractivity contribution in [3.8, 4) is 11.5 Å². The van der Waals surface area contributed by atoms with Gasteiger partial charge in [0.1, 0.15) is 11.5 Å². The van der Waals surface area contributed by atoms with Crippen LogP contribution in [-0.2, 0) is 34.7 Å². The molecule has 0 aromatic heterocycles. The predicted molar refractivity (Wildman–Crippen MR) is 106 cm³/mol. The Morgan fingerprint density at radius 1 is 0.857 bits per heavy atom. The summed E-state index contributed by atoms with van der Waals surface area (Å²) in [6.07, 6.45) is 5.76. The van der Waals surface area contributed by atoms with Crippen molar-refractivity contribution in [2.45, 2.75) is 26.2 Å². The van der Waals surface area contributed by atoms with Gasteiger partial charge >= 0.3 is 17.1 Å². The average Bonchev–Trinajstić information content (AvgIpc) is 2.62. The summed E-state index contributed by atoms with van der Waals surface area (Å²) < 4.78 is 0. The van der Waals surface area contributed by atoms with E-state index >= 15 is 0 Å². The molecule has 1 aliphatic rings. The molecule has 0 saturated carbocycles. The minimum atomic E-state index is -0.833. The predicted octanol–water partition coefficient (Wildman–Crippen LogP) is 3.21. The third kappa shape index (κ3) is 7.18. The summed E-state index contributed by atoms with van der Waals surface area (Å²) >= 11 is 0. The number of aliphatic imine (C=N–C) groups is 2. The number of hydrogen-bond acceptors (Lipinski definition) is 5. The van der Waals surface area contributed by atoms with Gasteiger partial charge in [-0.15, -0.1) is 0 Å². The van der Waals surface area contributed by atoms with Crippen molar-refractivity contribution in [1.82, 2.24) is 0 Å². The smallest absolute Gasteiger partial charge is 0.507 e. The van der Waals surface area contributed by atoms with Crippen LogP contribution in [0.25, 0.3) is 0 Å². The van der Waals surface area contributed by atoms with Crippen LogP contribution in [0.2, 0.25) is 0 Å². The number of rotatable bonds is 0. The summed E-state index contributed by atoms with van der Waals surface area (Å²) in [5.41, 5.74) is 3.31. The number of aliphatic carboxylic acids is 1. The fraction of sp³-hybridized carbons (Fsp3) is 0.286. The van der Waals surface area contributed by atoms with Crippen molar-refractivity contribution in [3.63, 3.8) is 0 Å². The van der Waals surface area contributed by atoms with Crippen LogP contribution >= 0.6 is 0 Å². The maximum Gasteiger partial charge on any atom is 2.00 e. The van der Waals surface area contributed by atoms with Gasteiger partial charge in [-0.25, -0.2) is 0 Å². The maximum atomic E-state index is 10.3. The van der Waals surface area contributed by atoms with Gasteiger partial charge in [-0.3, -0.25) is 14.8 Å². The molecule has 4 bridgehead atoms. The second-order valence-electron chi connectivity index (χ2n) is 6.15. The minimum Gasteiger partial charge on any atom is -0.507 e. The summed E-state index contributed by atoms with van der Waals surface area (Å²) in [6, 6.07) is 11.5. The van der Waals surface area contributed by atoms with E-state index in [0.717, 1.165) is 48.4 Å². The zero-order valence-electron chi connectivity index (χ0n) is 15.7. The van der Waals surface area contributed by atoms with E-state index in [1.807, 2.05) is 36.4 Å². The van der Waals surface area contributed by atoms with Crippen molar-refractivity contribution in [2.24, 2.45) is 9.98 Å². The molecule has 0 amide bonds. The molecular weight excluding hydrogens is 399 g/mol. The molecule has 2 aromatic carbocycles. The monoisotopic (exact) mass is 423 g/mol. The summed E-state index contributed by atoms with van der Waals surface area (Å²) in [5, 5.41) is 28.1. The van der Waals surface area contributed by atoms with Gasteiger partial charge in [0.2, 0.25) is 0 Å². The third-order valence-corrected chi connectivity index (χ3v) is 4.01. The number of phenols is 2. The first-order valence-corrected chi connectivity index (χ1v) is 8.80. The summed E-state index contributed by atoms with van der Waals surface area (Å²) in [4.78, 5) is 17.6. The molecule has 1 heterocycles. The van der Waals surface area contributed by atoms with E-state index in [-0.39, 0.29) is 17.1 Å². The standard InChI is InChI=1S/C19H20N2O2.C2H4O2.Mn/c22-18-14-4-1-5-15-7-3-9-17(19(15)23)13-21-11-10-20-12-16(18)8-2-6-14;1-2(3)4;/h2-3,6-9,12-13,22-23H,1,4-5,10-11H2;1H3,(H,3,4);/q;;+2. The second kappa shape index (κ2) is 12.0. The molecule has 7 heteroatoms. The number of phenolic OH excluding ortho intramolecular Hbond substituents is 2. The molecule has 0 saturated heterocycles. The van der Waals surface area contributed by atoms with E-state index in [2.05, 4.69) is 9.98 Å². The first-order chi connectivity index (χ1) is 13.0. The largest absolute Gasteiger partial charge is 2.00 e. The van der Waals surface area contributed by atoms with Crippen LogP contribution in [0.1, 0.15) is 35.6 Å². The number of aromatic hydroxyl groups is 2. The fourth-order valence-corrected chi connectivity index (χ4v) is 2.74. The number of carboxylic acid groups (broad SMARTS) is 1. The van der Waals surface area contributed by atoms with Crippen molar-refractivity contribution >= 4 is 18.4 Å². The van der Waals surface area contributed by atoms with E-state index < -0.39 is 5.97 Å². The van der Waals surface area contributed by atoms with Gasteiger partial charge in [0.25, 0.3) is 5.97 Å². The van der Waals surface area contributed by atoms with Crippen LogP contribution in [0.3, 0.4) is 0 Å². The van der Waals surface area contributed by atoms with Crippen LogP contribution < -0.4 is 0 Å². The van der Waals surface area contributed by atoms with Crippen molar-refractivity contribution in [1.29, 1.82) is 0 Å². The van der Waals surface area contributed by atoms with Gasteiger partial charge in [-0.1, -0.05) is 24.3 Å². The molecule has 0 fully saturated rings. The Bertz CT molecular complexity index is 783. The SMILES string of the molecule is CC(=O)O.Oc1c2cccc1CCCc1cccc(c1O)C=NCCN=C2.[Mn+2]. The van der Waals surface area contributed by atoms with Crippen molar-refractivity contribution in [2.75, 3.05) is 13.1 Å². The molecule has 28 heavy (non-hydrogen) atoms. The van der Waals surface area contributed by atoms with Gasteiger partial charge in [0, 0.05) is 30.5 Å². The first kappa shape index (κ1) is 23.4.